The number of nitrogens with zero attached hydrogens (tertiary/aromatic N) is 1. The van der Waals surface area contributed by atoms with E-state index in [2.05, 4.69) is 24.2 Å². The fourth-order valence-corrected chi connectivity index (χ4v) is 3.68. The van der Waals surface area contributed by atoms with Crippen LogP contribution in [0.4, 0.5) is 0 Å². The van der Waals surface area contributed by atoms with Crippen LogP contribution in [-0.4, -0.2) is 10.9 Å². The second-order valence-electron chi connectivity index (χ2n) is 3.77. The topological polar surface area (TPSA) is 32.6 Å². The van der Waals surface area contributed by atoms with Crippen molar-refractivity contribution in [2.24, 2.45) is 5.16 Å². The summed E-state index contributed by atoms with van der Waals surface area (Å²) in [6.45, 7) is 3.96. The Bertz CT molecular complexity index is 437. The number of hydrogen-bond donors (Lipinski definition) is 1. The molecule has 0 unspecified atom stereocenters. The molecule has 0 aliphatic heterocycles. The maximum Gasteiger partial charge on any atom is 0.0773 e. The van der Waals surface area contributed by atoms with Gasteiger partial charge in [0.2, 0.25) is 0 Å². The lowest BCUT2D eigenvalue weighted by atomic mass is 9.82. The first-order valence-electron chi connectivity index (χ1n) is 4.96. The minimum atomic E-state index is -0.308. The Balaban J connectivity index is 2.59. The molecule has 2 rings (SSSR count). The van der Waals surface area contributed by atoms with Crippen molar-refractivity contribution in [3.63, 3.8) is 0 Å². The van der Waals surface area contributed by atoms with Gasteiger partial charge in [0.25, 0.3) is 0 Å². The van der Waals surface area contributed by atoms with Crippen LogP contribution in [0.25, 0.3) is 0 Å². The molecular formula is C12H13NOS2. The summed E-state index contributed by atoms with van der Waals surface area (Å²) in [5.41, 5.74) is 0.411. The van der Waals surface area contributed by atoms with E-state index < -0.39 is 0 Å². The molecule has 2 aromatic heterocycles. The Kier molecular flexibility index (Phi) is 3.12. The van der Waals surface area contributed by atoms with E-state index in [1.54, 1.807) is 22.7 Å². The Hall–Kier alpha value is -1.13. The van der Waals surface area contributed by atoms with Gasteiger partial charge in [-0.25, -0.2) is 0 Å². The molecule has 2 aromatic rings. The Labute approximate surface area is 103 Å². The molecule has 0 aliphatic rings. The summed E-state index contributed by atoms with van der Waals surface area (Å²) in [7, 11) is 0. The van der Waals surface area contributed by atoms with Crippen LogP contribution in [0, 0.1) is 0 Å². The summed E-state index contributed by atoms with van der Waals surface area (Å²) in [4.78, 5) is 2.40. The minimum absolute atomic E-state index is 0.308. The molecule has 0 spiro atoms. The summed E-state index contributed by atoms with van der Waals surface area (Å²) in [6, 6.07) is 8.21. The van der Waals surface area contributed by atoms with Crippen LogP contribution in [0.15, 0.2) is 40.2 Å². The van der Waals surface area contributed by atoms with Gasteiger partial charge in [0, 0.05) is 9.75 Å². The summed E-state index contributed by atoms with van der Waals surface area (Å²) in [6.07, 6.45) is 0. The Morgan fingerprint density at radius 2 is 1.69 bits per heavy atom. The molecule has 0 fully saturated rings. The van der Waals surface area contributed by atoms with Crippen molar-refractivity contribution in [3.8, 4) is 0 Å². The zero-order valence-corrected chi connectivity index (χ0v) is 10.8. The lowest BCUT2D eigenvalue weighted by molar-refractivity contribution is 0.315. The van der Waals surface area contributed by atoms with Gasteiger partial charge in [0.05, 0.1) is 11.1 Å². The maximum absolute atomic E-state index is 9.07. The van der Waals surface area contributed by atoms with Crippen molar-refractivity contribution in [3.05, 3.63) is 44.8 Å². The Morgan fingerprint density at radius 1 is 1.19 bits per heavy atom. The van der Waals surface area contributed by atoms with E-state index in [0.717, 1.165) is 5.71 Å². The van der Waals surface area contributed by atoms with Gasteiger partial charge in [-0.05, 0) is 36.7 Å². The van der Waals surface area contributed by atoms with Crippen LogP contribution in [0.2, 0.25) is 0 Å². The average molecular weight is 251 g/mol. The van der Waals surface area contributed by atoms with Gasteiger partial charge < -0.3 is 5.21 Å². The summed E-state index contributed by atoms with van der Waals surface area (Å²) < 4.78 is 0. The maximum atomic E-state index is 9.07. The summed E-state index contributed by atoms with van der Waals surface area (Å²) in [5.74, 6) is 0. The van der Waals surface area contributed by atoms with E-state index >= 15 is 0 Å². The van der Waals surface area contributed by atoms with Crippen molar-refractivity contribution in [2.45, 2.75) is 19.3 Å². The van der Waals surface area contributed by atoms with E-state index in [1.165, 1.54) is 9.75 Å². The van der Waals surface area contributed by atoms with Crippen LogP contribution in [-0.2, 0) is 5.41 Å². The van der Waals surface area contributed by atoms with Gasteiger partial charge >= 0.3 is 0 Å². The summed E-state index contributed by atoms with van der Waals surface area (Å²) in [5, 5.41) is 16.6. The van der Waals surface area contributed by atoms with Gasteiger partial charge in [0.15, 0.2) is 0 Å². The van der Waals surface area contributed by atoms with Gasteiger partial charge in [-0.15, -0.1) is 22.7 Å². The molecule has 16 heavy (non-hydrogen) atoms. The monoisotopic (exact) mass is 251 g/mol. The lowest BCUT2D eigenvalue weighted by Gasteiger charge is -2.26. The molecule has 0 aliphatic carbocycles. The number of rotatable bonds is 3. The number of hydrogen-bond acceptors (Lipinski definition) is 4. The van der Waals surface area contributed by atoms with Crippen molar-refractivity contribution >= 4 is 28.4 Å². The fourth-order valence-electron chi connectivity index (χ4n) is 1.70. The van der Waals surface area contributed by atoms with Crippen LogP contribution in [0.3, 0.4) is 0 Å². The third kappa shape index (κ3) is 1.68. The second-order valence-corrected chi connectivity index (χ2v) is 5.66. The van der Waals surface area contributed by atoms with E-state index in [4.69, 9.17) is 5.21 Å². The highest BCUT2D eigenvalue weighted by Crippen LogP contribution is 2.38. The second kappa shape index (κ2) is 4.39. The molecule has 0 amide bonds. The first-order valence-corrected chi connectivity index (χ1v) is 6.72. The van der Waals surface area contributed by atoms with Crippen LogP contribution >= 0.6 is 22.7 Å². The summed E-state index contributed by atoms with van der Waals surface area (Å²) >= 11 is 3.37. The number of oxime groups is 1. The van der Waals surface area contributed by atoms with Gasteiger partial charge in [0.1, 0.15) is 0 Å². The molecule has 2 nitrogen and oxygen atoms in total. The third-order valence-electron chi connectivity index (χ3n) is 2.90. The predicted octanol–water partition coefficient (Wildman–Crippen LogP) is 3.97. The smallest absolute Gasteiger partial charge is 0.0773 e. The fraction of sp³-hybridized carbons (Fsp3) is 0.250. The molecule has 0 saturated carbocycles. The third-order valence-corrected chi connectivity index (χ3v) is 5.08. The highest BCUT2D eigenvalue weighted by Gasteiger charge is 2.34. The molecule has 0 saturated heterocycles. The molecule has 0 atom stereocenters. The highest BCUT2D eigenvalue weighted by molar-refractivity contribution is 7.12. The molecule has 84 valence electrons. The van der Waals surface area contributed by atoms with E-state index in [0.29, 0.717) is 0 Å². The molecule has 2 heterocycles. The van der Waals surface area contributed by atoms with Crippen LogP contribution in [0.1, 0.15) is 23.6 Å². The zero-order valence-electron chi connectivity index (χ0n) is 9.18. The molecule has 0 radical (unpaired) electrons. The van der Waals surface area contributed by atoms with Crippen LogP contribution < -0.4 is 0 Å². The molecule has 4 heteroatoms. The van der Waals surface area contributed by atoms with Crippen molar-refractivity contribution < 1.29 is 5.21 Å². The first kappa shape index (κ1) is 11.4. The minimum Gasteiger partial charge on any atom is -0.411 e. The SMILES string of the molecule is C/C(=N\O)C(C)(c1cccs1)c1cccs1. The predicted molar refractivity (Wildman–Crippen MR) is 70.0 cm³/mol. The van der Waals surface area contributed by atoms with E-state index in [1.807, 2.05) is 29.8 Å². The van der Waals surface area contributed by atoms with Gasteiger partial charge in [-0.1, -0.05) is 17.3 Å². The highest BCUT2D eigenvalue weighted by atomic mass is 32.1. The molecule has 0 aromatic carbocycles. The molecule has 0 bridgehead atoms. The quantitative estimate of drug-likeness (QED) is 0.500. The van der Waals surface area contributed by atoms with Crippen molar-refractivity contribution in [1.29, 1.82) is 0 Å². The lowest BCUT2D eigenvalue weighted by Crippen LogP contribution is -2.30. The van der Waals surface area contributed by atoms with Gasteiger partial charge in [-0.3, -0.25) is 0 Å². The van der Waals surface area contributed by atoms with Crippen LogP contribution in [0.5, 0.6) is 0 Å². The van der Waals surface area contributed by atoms with Gasteiger partial charge in [-0.2, -0.15) is 0 Å². The van der Waals surface area contributed by atoms with Crippen molar-refractivity contribution in [1.82, 2.24) is 0 Å². The van der Waals surface area contributed by atoms with Crippen molar-refractivity contribution in [2.75, 3.05) is 0 Å². The Morgan fingerprint density at radius 3 is 2.00 bits per heavy atom. The van der Waals surface area contributed by atoms with E-state index in [9.17, 15) is 0 Å². The largest absolute Gasteiger partial charge is 0.411 e. The zero-order chi connectivity index (χ0) is 11.6. The first-order chi connectivity index (χ1) is 7.69. The normalized spacial score (nSPS) is 13.0. The van der Waals surface area contributed by atoms with E-state index in [-0.39, 0.29) is 5.41 Å². The standard InChI is InChI=1S/C12H13NOS2/c1-9(13-14)12(2,10-5-3-7-15-10)11-6-4-8-16-11/h3-8,14H,1-2H3/b13-9+. The number of thiophene rings is 2. The average Bonchev–Trinajstić information content (AvgIpc) is 2.98. The molecule has 1 N–H and O–H groups in total. The molecular weight excluding hydrogens is 238 g/mol.